The fraction of sp³-hybridized carbons (Fsp3) is 0.444. The normalized spacial score (nSPS) is 10.1. The Morgan fingerprint density at radius 2 is 2.08 bits per heavy atom. The van der Waals surface area contributed by atoms with Gasteiger partial charge in [0.05, 0.1) is 0 Å². The molecule has 3 heteroatoms. The van der Waals surface area contributed by atoms with Crippen molar-refractivity contribution in [3.05, 3.63) is 34.7 Å². The lowest BCUT2D eigenvalue weighted by molar-refractivity contribution is 0.762. The number of aromatic nitrogens is 1. The van der Waals surface area contributed by atoms with E-state index in [1.165, 1.54) is 0 Å². The van der Waals surface area contributed by atoms with E-state index in [2.05, 4.69) is 6.92 Å². The molecular weight excluding hydrogens is 170 g/mol. The zero-order valence-electron chi connectivity index (χ0n) is 7.19. The van der Waals surface area contributed by atoms with Gasteiger partial charge in [-0.3, -0.25) is 4.79 Å². The van der Waals surface area contributed by atoms with Crippen molar-refractivity contribution >= 4 is 11.8 Å². The molecule has 0 unspecified atom stereocenters. The molecule has 0 fully saturated rings. The molecule has 0 amide bonds. The summed E-state index contributed by atoms with van der Waals surface area (Å²) in [6.07, 6.45) is 3.66. The molecule has 1 rings (SSSR count). The molecule has 0 radical (unpaired) electrons. The maximum absolute atomic E-state index is 10.7. The highest BCUT2D eigenvalue weighted by Crippen LogP contribution is 1.99. The Morgan fingerprint density at radius 1 is 1.42 bits per heavy atom. The molecule has 66 valence electrons. The van der Waals surface area contributed by atoms with Crippen LogP contribution in [0, 0.1) is 0 Å². The second-order valence-electron chi connectivity index (χ2n) is 2.47. The summed E-state index contributed by atoms with van der Waals surface area (Å²) >= 11 is 1.91. The van der Waals surface area contributed by atoms with Gasteiger partial charge in [-0.2, -0.15) is 11.8 Å². The summed E-state index contributed by atoms with van der Waals surface area (Å²) in [6, 6.07) is 3.19. The van der Waals surface area contributed by atoms with E-state index in [9.17, 15) is 4.79 Å². The Kier molecular flexibility index (Phi) is 3.94. The van der Waals surface area contributed by atoms with Crippen LogP contribution in [0.4, 0.5) is 0 Å². The van der Waals surface area contributed by atoms with Crippen LogP contribution < -0.4 is 5.43 Å². The van der Waals surface area contributed by atoms with E-state index >= 15 is 0 Å². The molecule has 0 aromatic carbocycles. The number of pyridine rings is 1. The lowest BCUT2D eigenvalue weighted by Crippen LogP contribution is -2.05. The van der Waals surface area contributed by atoms with Gasteiger partial charge >= 0.3 is 0 Å². The van der Waals surface area contributed by atoms with Gasteiger partial charge in [-0.25, -0.2) is 0 Å². The van der Waals surface area contributed by atoms with Crippen molar-refractivity contribution in [3.63, 3.8) is 0 Å². The van der Waals surface area contributed by atoms with Crippen LogP contribution in [0.25, 0.3) is 0 Å². The quantitative estimate of drug-likeness (QED) is 0.661. The summed E-state index contributed by atoms with van der Waals surface area (Å²) < 4.78 is 2.03. The highest BCUT2D eigenvalue weighted by atomic mass is 32.2. The molecule has 0 spiro atoms. The molecule has 1 aromatic heterocycles. The number of thioether (sulfide) groups is 1. The Morgan fingerprint density at radius 3 is 2.67 bits per heavy atom. The van der Waals surface area contributed by atoms with E-state index in [-0.39, 0.29) is 5.43 Å². The average Bonchev–Trinajstić information content (AvgIpc) is 2.09. The molecule has 1 aromatic rings. The Hall–Kier alpha value is -0.700. The Labute approximate surface area is 76.6 Å². The minimum absolute atomic E-state index is 0.0781. The summed E-state index contributed by atoms with van der Waals surface area (Å²) in [5.74, 6) is 2.26. The van der Waals surface area contributed by atoms with Gasteiger partial charge < -0.3 is 4.57 Å². The number of hydrogen-bond acceptors (Lipinski definition) is 2. The first-order valence-corrected chi connectivity index (χ1v) is 5.22. The minimum Gasteiger partial charge on any atom is -0.353 e. The van der Waals surface area contributed by atoms with Gasteiger partial charge in [0.1, 0.15) is 0 Å². The van der Waals surface area contributed by atoms with Crippen molar-refractivity contribution < 1.29 is 0 Å². The van der Waals surface area contributed by atoms with E-state index < -0.39 is 0 Å². The van der Waals surface area contributed by atoms with Crippen LogP contribution in [0.3, 0.4) is 0 Å². The summed E-state index contributed by atoms with van der Waals surface area (Å²) in [5, 5.41) is 0. The van der Waals surface area contributed by atoms with Gasteiger partial charge in [-0.1, -0.05) is 6.92 Å². The monoisotopic (exact) mass is 183 g/mol. The first kappa shape index (κ1) is 9.39. The number of nitrogens with zero attached hydrogens (tertiary/aromatic N) is 1. The average molecular weight is 183 g/mol. The summed E-state index contributed by atoms with van der Waals surface area (Å²) in [5.41, 5.74) is 0.0781. The molecule has 0 saturated heterocycles. The topological polar surface area (TPSA) is 22.0 Å². The summed E-state index contributed by atoms with van der Waals surface area (Å²) in [4.78, 5) is 10.7. The highest BCUT2D eigenvalue weighted by molar-refractivity contribution is 7.99. The Balaban J connectivity index is 2.42. The molecule has 0 N–H and O–H groups in total. The maximum atomic E-state index is 10.7. The van der Waals surface area contributed by atoms with Crippen molar-refractivity contribution in [2.24, 2.45) is 0 Å². The van der Waals surface area contributed by atoms with Gasteiger partial charge in [0, 0.05) is 36.8 Å². The number of aryl methyl sites for hydroxylation is 1. The number of hydrogen-bond donors (Lipinski definition) is 0. The zero-order chi connectivity index (χ0) is 8.81. The first-order chi connectivity index (χ1) is 5.83. The second kappa shape index (κ2) is 5.04. The molecule has 0 bridgehead atoms. The van der Waals surface area contributed by atoms with Crippen LogP contribution in [-0.2, 0) is 6.54 Å². The molecular formula is C9H13NOS. The number of rotatable bonds is 4. The largest absolute Gasteiger partial charge is 0.353 e. The fourth-order valence-corrected chi connectivity index (χ4v) is 1.54. The second-order valence-corrected chi connectivity index (χ2v) is 3.86. The molecule has 12 heavy (non-hydrogen) atoms. The van der Waals surface area contributed by atoms with Crippen molar-refractivity contribution in [3.8, 4) is 0 Å². The molecule has 0 atom stereocenters. The van der Waals surface area contributed by atoms with E-state index in [4.69, 9.17) is 0 Å². The van der Waals surface area contributed by atoms with E-state index in [0.29, 0.717) is 0 Å². The van der Waals surface area contributed by atoms with Crippen molar-refractivity contribution in [2.45, 2.75) is 13.5 Å². The van der Waals surface area contributed by atoms with Crippen LogP contribution in [0.5, 0.6) is 0 Å². The predicted octanol–water partition coefficient (Wildman–Crippen LogP) is 1.60. The molecule has 1 heterocycles. The molecule has 0 aliphatic carbocycles. The maximum Gasteiger partial charge on any atom is 0.181 e. The standard InChI is InChI=1S/C9H13NOS/c1-2-12-8-7-10-5-3-9(11)4-6-10/h3-6H,2,7-8H2,1H3. The van der Waals surface area contributed by atoms with Gasteiger partial charge in [0.15, 0.2) is 5.43 Å². The van der Waals surface area contributed by atoms with Crippen LogP contribution in [-0.4, -0.2) is 16.1 Å². The van der Waals surface area contributed by atoms with E-state index in [1.807, 2.05) is 28.7 Å². The van der Waals surface area contributed by atoms with Crippen molar-refractivity contribution in [2.75, 3.05) is 11.5 Å². The van der Waals surface area contributed by atoms with Crippen LogP contribution in [0.15, 0.2) is 29.3 Å². The predicted molar refractivity (Wildman–Crippen MR) is 53.7 cm³/mol. The smallest absolute Gasteiger partial charge is 0.181 e. The first-order valence-electron chi connectivity index (χ1n) is 4.07. The van der Waals surface area contributed by atoms with Crippen LogP contribution >= 0.6 is 11.8 Å². The van der Waals surface area contributed by atoms with Gasteiger partial charge in [0.2, 0.25) is 0 Å². The molecule has 0 aliphatic rings. The molecule has 2 nitrogen and oxygen atoms in total. The minimum atomic E-state index is 0.0781. The third kappa shape index (κ3) is 3.13. The van der Waals surface area contributed by atoms with E-state index in [0.717, 1.165) is 18.1 Å². The molecule has 0 saturated carbocycles. The van der Waals surface area contributed by atoms with Gasteiger partial charge in [-0.05, 0) is 5.75 Å². The molecule has 0 aliphatic heterocycles. The van der Waals surface area contributed by atoms with Crippen LogP contribution in [0.1, 0.15) is 6.92 Å². The zero-order valence-corrected chi connectivity index (χ0v) is 8.01. The van der Waals surface area contributed by atoms with Crippen molar-refractivity contribution in [1.29, 1.82) is 0 Å². The van der Waals surface area contributed by atoms with Crippen LogP contribution in [0.2, 0.25) is 0 Å². The van der Waals surface area contributed by atoms with Gasteiger partial charge in [-0.15, -0.1) is 0 Å². The summed E-state index contributed by atoms with van der Waals surface area (Å²) in [7, 11) is 0. The third-order valence-corrected chi connectivity index (χ3v) is 2.44. The van der Waals surface area contributed by atoms with Gasteiger partial charge in [0.25, 0.3) is 0 Å². The lowest BCUT2D eigenvalue weighted by atomic mass is 10.5. The van der Waals surface area contributed by atoms with Crippen molar-refractivity contribution in [1.82, 2.24) is 4.57 Å². The highest BCUT2D eigenvalue weighted by Gasteiger charge is 1.88. The third-order valence-electron chi connectivity index (χ3n) is 1.56. The summed E-state index contributed by atoms with van der Waals surface area (Å²) in [6.45, 7) is 3.13. The Bertz CT molecular complexity index is 262. The van der Waals surface area contributed by atoms with E-state index in [1.54, 1.807) is 12.1 Å². The fourth-order valence-electron chi connectivity index (χ4n) is 0.907. The lowest BCUT2D eigenvalue weighted by Gasteiger charge is -2.03. The SMILES string of the molecule is CCSCCn1ccc(=O)cc1.